The van der Waals surface area contributed by atoms with Gasteiger partial charge in [0.2, 0.25) is 0 Å². The molecule has 0 spiro atoms. The molecular formula is C14H22N2O. The van der Waals surface area contributed by atoms with E-state index < -0.39 is 0 Å². The zero-order valence-corrected chi connectivity index (χ0v) is 10.6. The minimum atomic E-state index is 0.431. The van der Waals surface area contributed by atoms with Crippen LogP contribution in [0.15, 0.2) is 30.3 Å². The second-order valence-corrected chi connectivity index (χ2v) is 4.59. The third kappa shape index (κ3) is 4.02. The number of rotatable bonds is 5. The number of anilines is 1. The summed E-state index contributed by atoms with van der Waals surface area (Å²) in [5.41, 5.74) is 1.20. The first kappa shape index (κ1) is 12.4. The first-order valence-corrected chi connectivity index (χ1v) is 6.42. The van der Waals surface area contributed by atoms with Crippen LogP contribution in [0.4, 0.5) is 5.69 Å². The molecule has 1 unspecified atom stereocenters. The van der Waals surface area contributed by atoms with Gasteiger partial charge in [-0.15, -0.1) is 0 Å². The Morgan fingerprint density at radius 3 is 2.94 bits per heavy atom. The summed E-state index contributed by atoms with van der Waals surface area (Å²) in [6, 6.07) is 10.4. The molecule has 1 fully saturated rings. The van der Waals surface area contributed by atoms with Crippen LogP contribution in [0.3, 0.4) is 0 Å². The Morgan fingerprint density at radius 2 is 2.18 bits per heavy atom. The van der Waals surface area contributed by atoms with Crippen LogP contribution in [0, 0.1) is 0 Å². The van der Waals surface area contributed by atoms with Crippen LogP contribution < -0.4 is 5.32 Å². The van der Waals surface area contributed by atoms with Gasteiger partial charge in [-0.3, -0.25) is 4.90 Å². The van der Waals surface area contributed by atoms with E-state index in [0.717, 1.165) is 19.6 Å². The van der Waals surface area contributed by atoms with E-state index in [4.69, 9.17) is 4.74 Å². The SMILES string of the molecule is COC1CCCN(CCNc2ccccc2)C1. The smallest absolute Gasteiger partial charge is 0.0698 e. The van der Waals surface area contributed by atoms with Gasteiger partial charge in [-0.05, 0) is 31.5 Å². The Morgan fingerprint density at radius 1 is 1.35 bits per heavy atom. The Labute approximate surface area is 104 Å². The molecule has 1 atom stereocenters. The molecule has 1 aromatic carbocycles. The first-order valence-electron chi connectivity index (χ1n) is 6.42. The van der Waals surface area contributed by atoms with Crippen molar-refractivity contribution in [1.82, 2.24) is 4.90 Å². The molecule has 1 saturated heterocycles. The molecule has 0 radical (unpaired) electrons. The van der Waals surface area contributed by atoms with Gasteiger partial charge in [0.25, 0.3) is 0 Å². The van der Waals surface area contributed by atoms with Crippen molar-refractivity contribution in [2.24, 2.45) is 0 Å². The number of hydrogen-bond acceptors (Lipinski definition) is 3. The summed E-state index contributed by atoms with van der Waals surface area (Å²) in [5.74, 6) is 0. The van der Waals surface area contributed by atoms with Crippen LogP contribution in [0.2, 0.25) is 0 Å². The molecular weight excluding hydrogens is 212 g/mol. The van der Waals surface area contributed by atoms with E-state index in [-0.39, 0.29) is 0 Å². The van der Waals surface area contributed by atoms with Gasteiger partial charge in [0.15, 0.2) is 0 Å². The van der Waals surface area contributed by atoms with Crippen molar-refractivity contribution < 1.29 is 4.74 Å². The van der Waals surface area contributed by atoms with Crippen molar-refractivity contribution in [3.05, 3.63) is 30.3 Å². The predicted octanol–water partition coefficient (Wildman–Crippen LogP) is 2.21. The van der Waals surface area contributed by atoms with E-state index in [9.17, 15) is 0 Å². The Balaban J connectivity index is 1.68. The Kier molecular flexibility index (Phi) is 4.83. The van der Waals surface area contributed by atoms with Crippen LogP contribution >= 0.6 is 0 Å². The third-order valence-electron chi connectivity index (χ3n) is 3.33. The summed E-state index contributed by atoms with van der Waals surface area (Å²) in [6.45, 7) is 4.37. The molecule has 3 heteroatoms. The van der Waals surface area contributed by atoms with Gasteiger partial charge in [0, 0.05) is 32.4 Å². The highest BCUT2D eigenvalue weighted by atomic mass is 16.5. The molecule has 3 nitrogen and oxygen atoms in total. The molecule has 2 rings (SSSR count). The van der Waals surface area contributed by atoms with Crippen LogP contribution in [0.25, 0.3) is 0 Å². The molecule has 1 N–H and O–H groups in total. The zero-order valence-electron chi connectivity index (χ0n) is 10.6. The summed E-state index contributed by atoms with van der Waals surface area (Å²) in [4.78, 5) is 2.48. The van der Waals surface area contributed by atoms with Gasteiger partial charge in [-0.25, -0.2) is 0 Å². The van der Waals surface area contributed by atoms with E-state index in [0.29, 0.717) is 6.10 Å². The molecule has 0 saturated carbocycles. The van der Waals surface area contributed by atoms with E-state index >= 15 is 0 Å². The fraction of sp³-hybridized carbons (Fsp3) is 0.571. The van der Waals surface area contributed by atoms with Gasteiger partial charge in [-0.2, -0.15) is 0 Å². The highest BCUT2D eigenvalue weighted by Gasteiger charge is 2.18. The normalized spacial score (nSPS) is 21.4. The first-order chi connectivity index (χ1) is 8.38. The number of hydrogen-bond donors (Lipinski definition) is 1. The monoisotopic (exact) mass is 234 g/mol. The lowest BCUT2D eigenvalue weighted by molar-refractivity contribution is 0.0329. The lowest BCUT2D eigenvalue weighted by Crippen LogP contribution is -2.41. The number of para-hydroxylation sites is 1. The standard InChI is InChI=1S/C14H22N2O/c1-17-14-8-5-10-16(12-14)11-9-15-13-6-3-2-4-7-13/h2-4,6-7,14-15H,5,8-12H2,1H3. The fourth-order valence-corrected chi connectivity index (χ4v) is 2.32. The maximum Gasteiger partial charge on any atom is 0.0698 e. The van der Waals surface area contributed by atoms with E-state index in [1.54, 1.807) is 0 Å². The van der Waals surface area contributed by atoms with E-state index in [1.807, 2.05) is 13.2 Å². The van der Waals surface area contributed by atoms with Crippen molar-refractivity contribution in [2.45, 2.75) is 18.9 Å². The van der Waals surface area contributed by atoms with Gasteiger partial charge in [0.1, 0.15) is 0 Å². The highest BCUT2D eigenvalue weighted by molar-refractivity contribution is 5.42. The molecule has 1 heterocycles. The summed E-state index contributed by atoms with van der Waals surface area (Å²) in [7, 11) is 1.82. The van der Waals surface area contributed by atoms with Crippen molar-refractivity contribution in [3.63, 3.8) is 0 Å². The molecule has 17 heavy (non-hydrogen) atoms. The minimum Gasteiger partial charge on any atom is -0.384 e. The largest absolute Gasteiger partial charge is 0.384 e. The number of nitrogens with zero attached hydrogens (tertiary/aromatic N) is 1. The third-order valence-corrected chi connectivity index (χ3v) is 3.33. The molecule has 1 aromatic rings. The van der Waals surface area contributed by atoms with Gasteiger partial charge in [-0.1, -0.05) is 18.2 Å². The lowest BCUT2D eigenvalue weighted by atomic mass is 10.1. The second kappa shape index (κ2) is 6.62. The van der Waals surface area contributed by atoms with Gasteiger partial charge >= 0.3 is 0 Å². The van der Waals surface area contributed by atoms with Gasteiger partial charge in [0.05, 0.1) is 6.10 Å². The van der Waals surface area contributed by atoms with Crippen LogP contribution in [0.1, 0.15) is 12.8 Å². The molecule has 0 aliphatic carbocycles. The molecule has 0 amide bonds. The quantitative estimate of drug-likeness (QED) is 0.845. The average Bonchev–Trinajstić information content (AvgIpc) is 2.40. The zero-order chi connectivity index (χ0) is 11.9. The number of nitrogens with one attached hydrogen (secondary N) is 1. The number of likely N-dealkylation sites (tertiary alicyclic amines) is 1. The number of benzene rings is 1. The molecule has 1 aliphatic heterocycles. The second-order valence-electron chi connectivity index (χ2n) is 4.59. The fourth-order valence-electron chi connectivity index (χ4n) is 2.32. The molecule has 1 aliphatic rings. The Bertz CT molecular complexity index is 315. The maximum absolute atomic E-state index is 5.42. The summed E-state index contributed by atoms with van der Waals surface area (Å²) in [5, 5.41) is 3.44. The minimum absolute atomic E-state index is 0.431. The topological polar surface area (TPSA) is 24.5 Å². The number of methoxy groups -OCH3 is 1. The van der Waals surface area contributed by atoms with Crippen LogP contribution in [-0.2, 0) is 4.74 Å². The van der Waals surface area contributed by atoms with Crippen molar-refractivity contribution >= 4 is 5.69 Å². The van der Waals surface area contributed by atoms with Gasteiger partial charge < -0.3 is 10.1 Å². The summed E-state index contributed by atoms with van der Waals surface area (Å²) >= 11 is 0. The van der Waals surface area contributed by atoms with Crippen LogP contribution in [-0.4, -0.2) is 44.3 Å². The summed E-state index contributed by atoms with van der Waals surface area (Å²) < 4.78 is 5.42. The average molecular weight is 234 g/mol. The molecule has 94 valence electrons. The van der Waals surface area contributed by atoms with Crippen molar-refractivity contribution in [1.29, 1.82) is 0 Å². The number of ether oxygens (including phenoxy) is 1. The van der Waals surface area contributed by atoms with Crippen molar-refractivity contribution in [2.75, 3.05) is 38.6 Å². The number of piperidine rings is 1. The lowest BCUT2D eigenvalue weighted by Gasteiger charge is -2.31. The molecule has 0 bridgehead atoms. The van der Waals surface area contributed by atoms with E-state index in [1.165, 1.54) is 25.1 Å². The summed E-state index contributed by atoms with van der Waals surface area (Å²) in [6.07, 6.45) is 2.89. The Hall–Kier alpha value is -1.06. The highest BCUT2D eigenvalue weighted by Crippen LogP contribution is 2.12. The maximum atomic E-state index is 5.42. The van der Waals surface area contributed by atoms with Crippen molar-refractivity contribution in [3.8, 4) is 0 Å². The molecule has 0 aromatic heterocycles. The predicted molar refractivity (Wildman–Crippen MR) is 71.4 cm³/mol. The van der Waals surface area contributed by atoms with Crippen LogP contribution in [0.5, 0.6) is 0 Å². The van der Waals surface area contributed by atoms with E-state index in [2.05, 4.69) is 34.5 Å².